The molecule has 8 heavy (non-hydrogen) atoms. The predicted molar refractivity (Wildman–Crippen MR) is 30.3 cm³/mol. The lowest BCUT2D eigenvalue weighted by atomic mass is 10.7. The molecule has 3 nitrogen and oxygen atoms in total. The van der Waals surface area contributed by atoms with Crippen LogP contribution < -0.4 is 0 Å². The minimum atomic E-state index is -0.325. The van der Waals surface area contributed by atoms with Gasteiger partial charge < -0.3 is 9.47 Å². The third-order valence-electron chi connectivity index (χ3n) is 0.749. The Morgan fingerprint density at radius 1 is 1.50 bits per heavy atom. The van der Waals surface area contributed by atoms with E-state index in [-0.39, 0.29) is 14.8 Å². The second-order valence-electron chi connectivity index (χ2n) is 1.21. The number of hydrogen-bond acceptors (Lipinski definition) is 3. The highest BCUT2D eigenvalue weighted by molar-refractivity contribution is 7.23. The zero-order chi connectivity index (χ0) is 6.41. The van der Waals surface area contributed by atoms with Crippen molar-refractivity contribution < 1.29 is 14.0 Å². The molecule has 0 spiro atoms. The summed E-state index contributed by atoms with van der Waals surface area (Å²) in [5.74, 6) is 0. The third-order valence-corrected chi connectivity index (χ3v) is 1.20. The van der Waals surface area contributed by atoms with Crippen molar-refractivity contribution in [3.63, 3.8) is 0 Å². The van der Waals surface area contributed by atoms with Gasteiger partial charge in [-0.2, -0.15) is 0 Å². The highest BCUT2D eigenvalue weighted by atomic mass is 31.1. The average Bonchev–Trinajstić information content (AvgIpc) is 1.83. The number of methoxy groups -OCH3 is 2. The van der Waals surface area contributed by atoms with Gasteiger partial charge in [0.15, 0.2) is 14.8 Å². The minimum Gasteiger partial charge on any atom is -0.355 e. The van der Waals surface area contributed by atoms with Gasteiger partial charge in [0.1, 0.15) is 0 Å². The first-order chi connectivity index (χ1) is 3.85. The first kappa shape index (κ1) is 8.02. The molecule has 0 aliphatic heterocycles. The van der Waals surface area contributed by atoms with E-state index >= 15 is 0 Å². The first-order valence-corrected chi connectivity index (χ1v) is 3.19. The summed E-state index contributed by atoms with van der Waals surface area (Å²) in [4.78, 5) is 0. The number of ether oxygens (including phenoxy) is 2. The average molecular weight is 136 g/mol. The Balaban J connectivity index is 3.20. The van der Waals surface area contributed by atoms with E-state index < -0.39 is 0 Å². The van der Waals surface area contributed by atoms with Crippen LogP contribution in [0.15, 0.2) is 0 Å². The van der Waals surface area contributed by atoms with E-state index in [1.165, 1.54) is 14.2 Å². The largest absolute Gasteiger partial charge is 0.355 e. The normalized spacial score (nSPS) is 10.9. The van der Waals surface area contributed by atoms with Crippen LogP contribution in [-0.4, -0.2) is 26.7 Å². The topological polar surface area (TPSA) is 35.5 Å². The maximum Gasteiger partial charge on any atom is 0.167 e. The number of hydrogen-bond donors (Lipinski definition) is 0. The van der Waals surface area contributed by atoms with Crippen LogP contribution in [0.25, 0.3) is 0 Å². The SMILES string of the molecule is COC(CP=O)OC. The molecule has 0 fully saturated rings. The molecule has 0 aromatic carbocycles. The standard InChI is InChI=1S/C4H9O3P/c1-6-4(7-2)3-8-5/h4H,3H2,1-2H3. The summed E-state index contributed by atoms with van der Waals surface area (Å²) in [5.41, 5.74) is 0. The monoisotopic (exact) mass is 136 g/mol. The van der Waals surface area contributed by atoms with Gasteiger partial charge in [0.25, 0.3) is 0 Å². The van der Waals surface area contributed by atoms with Gasteiger partial charge in [-0.3, -0.25) is 4.57 Å². The van der Waals surface area contributed by atoms with Gasteiger partial charge in [0, 0.05) is 14.2 Å². The quantitative estimate of drug-likeness (QED) is 0.425. The molecule has 0 aromatic heterocycles. The van der Waals surface area contributed by atoms with Crippen molar-refractivity contribution in [2.24, 2.45) is 0 Å². The summed E-state index contributed by atoms with van der Waals surface area (Å²) >= 11 is 0. The zero-order valence-corrected chi connectivity index (χ0v) is 5.85. The van der Waals surface area contributed by atoms with Crippen molar-refractivity contribution in [2.75, 3.05) is 20.4 Å². The van der Waals surface area contributed by atoms with Gasteiger partial charge in [-0.25, -0.2) is 0 Å². The third kappa shape index (κ3) is 3.08. The predicted octanol–water partition coefficient (Wildman–Crippen LogP) is 0.897. The van der Waals surface area contributed by atoms with E-state index in [2.05, 4.69) is 0 Å². The molecule has 0 heterocycles. The van der Waals surface area contributed by atoms with E-state index in [9.17, 15) is 4.57 Å². The Kier molecular flexibility index (Phi) is 5.18. The molecule has 0 aliphatic carbocycles. The molecule has 0 atom stereocenters. The summed E-state index contributed by atoms with van der Waals surface area (Å²) in [6.45, 7) is 0. The zero-order valence-electron chi connectivity index (χ0n) is 4.96. The van der Waals surface area contributed by atoms with Gasteiger partial charge in [0.2, 0.25) is 0 Å². The van der Waals surface area contributed by atoms with Gasteiger partial charge in [-0.15, -0.1) is 0 Å². The van der Waals surface area contributed by atoms with Crippen LogP contribution in [0, 0.1) is 0 Å². The van der Waals surface area contributed by atoms with Crippen molar-refractivity contribution in [3.05, 3.63) is 0 Å². The molecule has 0 unspecified atom stereocenters. The van der Waals surface area contributed by atoms with Gasteiger partial charge in [-0.1, -0.05) is 0 Å². The molecular weight excluding hydrogens is 127 g/mol. The summed E-state index contributed by atoms with van der Waals surface area (Å²) in [5, 5.41) is 0. The lowest BCUT2D eigenvalue weighted by Crippen LogP contribution is -2.13. The fraction of sp³-hybridized carbons (Fsp3) is 1.00. The maximum atomic E-state index is 9.87. The van der Waals surface area contributed by atoms with Gasteiger partial charge in [0.05, 0.1) is 6.16 Å². The fourth-order valence-electron chi connectivity index (χ4n) is 0.306. The van der Waals surface area contributed by atoms with E-state index in [1.807, 2.05) is 0 Å². The molecule has 0 radical (unpaired) electrons. The summed E-state index contributed by atoms with van der Waals surface area (Å²) < 4.78 is 19.3. The van der Waals surface area contributed by atoms with Crippen LogP contribution in [0.2, 0.25) is 0 Å². The van der Waals surface area contributed by atoms with Gasteiger partial charge in [-0.05, 0) is 0 Å². The molecule has 0 rings (SSSR count). The van der Waals surface area contributed by atoms with Crippen molar-refractivity contribution in [1.29, 1.82) is 0 Å². The molecule has 4 heteroatoms. The minimum absolute atomic E-state index is 0.0553. The molecule has 0 aliphatic rings. The van der Waals surface area contributed by atoms with Crippen LogP contribution in [0.4, 0.5) is 0 Å². The summed E-state index contributed by atoms with van der Waals surface area (Å²) in [6, 6.07) is 0. The second-order valence-corrected chi connectivity index (χ2v) is 1.84. The van der Waals surface area contributed by atoms with Crippen LogP contribution >= 0.6 is 8.46 Å². The van der Waals surface area contributed by atoms with Gasteiger partial charge >= 0.3 is 0 Å². The Labute approximate surface area is 50.2 Å². The van der Waals surface area contributed by atoms with E-state index in [0.29, 0.717) is 6.16 Å². The first-order valence-electron chi connectivity index (χ1n) is 2.19. The number of rotatable bonds is 4. The van der Waals surface area contributed by atoms with E-state index in [1.54, 1.807) is 0 Å². The fourth-order valence-corrected chi connectivity index (χ4v) is 0.726. The Morgan fingerprint density at radius 3 is 2.12 bits per heavy atom. The van der Waals surface area contributed by atoms with Crippen LogP contribution in [0.5, 0.6) is 0 Å². The Morgan fingerprint density at radius 2 is 2.00 bits per heavy atom. The Bertz CT molecular complexity index is 62.3. The molecule has 0 saturated heterocycles. The molecule has 0 bridgehead atoms. The summed E-state index contributed by atoms with van der Waals surface area (Å²) in [6.07, 6.45) is 0.0710. The lowest BCUT2D eigenvalue weighted by Gasteiger charge is -2.06. The molecule has 0 saturated carbocycles. The lowest BCUT2D eigenvalue weighted by molar-refractivity contribution is -0.0848. The smallest absolute Gasteiger partial charge is 0.167 e. The molecular formula is C4H9O3P. The Hall–Kier alpha value is 0.0200. The summed E-state index contributed by atoms with van der Waals surface area (Å²) in [7, 11) is 3.08. The van der Waals surface area contributed by atoms with Crippen LogP contribution in [0.1, 0.15) is 0 Å². The molecule has 48 valence electrons. The van der Waals surface area contributed by atoms with Crippen LogP contribution in [-0.2, 0) is 14.0 Å². The highest BCUT2D eigenvalue weighted by Crippen LogP contribution is 1.99. The van der Waals surface area contributed by atoms with Crippen molar-refractivity contribution >= 4 is 8.46 Å². The van der Waals surface area contributed by atoms with Crippen molar-refractivity contribution in [2.45, 2.75) is 6.29 Å². The second kappa shape index (κ2) is 5.16. The maximum absolute atomic E-state index is 9.87. The van der Waals surface area contributed by atoms with Crippen molar-refractivity contribution in [1.82, 2.24) is 0 Å². The van der Waals surface area contributed by atoms with Crippen LogP contribution in [0.3, 0.4) is 0 Å². The van der Waals surface area contributed by atoms with Crippen molar-refractivity contribution in [3.8, 4) is 0 Å². The van der Waals surface area contributed by atoms with E-state index in [0.717, 1.165) is 0 Å². The molecule has 0 N–H and O–H groups in total. The molecule has 0 amide bonds. The molecule has 0 aromatic rings. The highest BCUT2D eigenvalue weighted by Gasteiger charge is 2.01. The van der Waals surface area contributed by atoms with E-state index in [4.69, 9.17) is 9.47 Å².